The molecule has 1 saturated heterocycles. The van der Waals surface area contributed by atoms with Gasteiger partial charge in [0.25, 0.3) is 5.91 Å². The number of aromatic nitrogens is 3. The number of fused-ring (bicyclic) bond motifs is 1. The summed E-state index contributed by atoms with van der Waals surface area (Å²) in [5.41, 5.74) is 2.30. The van der Waals surface area contributed by atoms with Gasteiger partial charge in [-0.2, -0.15) is 5.10 Å². The summed E-state index contributed by atoms with van der Waals surface area (Å²) in [4.78, 5) is 21.4. The highest BCUT2D eigenvalue weighted by Crippen LogP contribution is 2.30. The summed E-state index contributed by atoms with van der Waals surface area (Å²) in [6, 6.07) is 6.57. The van der Waals surface area contributed by atoms with E-state index in [-0.39, 0.29) is 24.0 Å². The normalized spacial score (nSPS) is 20.6. The first-order valence-corrected chi connectivity index (χ1v) is 10.3. The topological polar surface area (TPSA) is 63.1 Å². The van der Waals surface area contributed by atoms with E-state index < -0.39 is 0 Å². The fourth-order valence-electron chi connectivity index (χ4n) is 3.62. The van der Waals surface area contributed by atoms with E-state index in [0.717, 1.165) is 28.1 Å². The van der Waals surface area contributed by atoms with Crippen molar-refractivity contribution in [3.8, 4) is 10.6 Å². The maximum absolute atomic E-state index is 13.5. The Kier molecular flexibility index (Phi) is 4.74. The Hall–Kier alpha value is -2.25. The van der Waals surface area contributed by atoms with Crippen LogP contribution < -0.4 is 5.32 Å². The first kappa shape index (κ1) is 18.1. The molecule has 4 heterocycles. The van der Waals surface area contributed by atoms with Crippen LogP contribution in [0.5, 0.6) is 0 Å². The number of nitrogens with zero attached hydrogens (tertiary/aromatic N) is 4. The van der Waals surface area contributed by atoms with Gasteiger partial charge < -0.3 is 10.2 Å². The first-order valence-electron chi connectivity index (χ1n) is 9.44. The number of hydrogen-bond acceptors (Lipinski definition) is 5. The van der Waals surface area contributed by atoms with Gasteiger partial charge in [0.05, 0.1) is 27.7 Å². The van der Waals surface area contributed by atoms with Crippen LogP contribution in [0.1, 0.15) is 44.1 Å². The molecule has 7 heteroatoms. The van der Waals surface area contributed by atoms with E-state index >= 15 is 0 Å². The molecule has 4 rings (SSSR count). The third kappa shape index (κ3) is 3.15. The summed E-state index contributed by atoms with van der Waals surface area (Å²) in [7, 11) is 0. The summed E-state index contributed by atoms with van der Waals surface area (Å²) >= 11 is 1.63. The minimum Gasteiger partial charge on any atom is -0.333 e. The zero-order chi connectivity index (χ0) is 19.1. The number of hydrogen-bond donors (Lipinski definition) is 1. The molecule has 27 heavy (non-hydrogen) atoms. The van der Waals surface area contributed by atoms with E-state index in [0.29, 0.717) is 12.1 Å². The lowest BCUT2D eigenvalue weighted by Crippen LogP contribution is -2.57. The maximum atomic E-state index is 13.5. The lowest BCUT2D eigenvalue weighted by atomic mass is 10.0. The van der Waals surface area contributed by atoms with Gasteiger partial charge in [0.2, 0.25) is 0 Å². The fourth-order valence-corrected chi connectivity index (χ4v) is 4.31. The third-order valence-corrected chi connectivity index (χ3v) is 6.25. The highest BCUT2D eigenvalue weighted by molar-refractivity contribution is 7.13. The Balaban J connectivity index is 1.87. The Labute approximate surface area is 163 Å². The molecular weight excluding hydrogens is 358 g/mol. The Morgan fingerprint density at radius 1 is 1.37 bits per heavy atom. The average molecular weight is 384 g/mol. The molecule has 0 aromatic carbocycles. The molecule has 2 unspecified atom stereocenters. The van der Waals surface area contributed by atoms with Gasteiger partial charge in [-0.15, -0.1) is 11.3 Å². The van der Waals surface area contributed by atoms with Crippen LogP contribution in [0.2, 0.25) is 0 Å². The first-order chi connectivity index (χ1) is 13.0. The van der Waals surface area contributed by atoms with Gasteiger partial charge in [0.1, 0.15) is 0 Å². The Bertz CT molecular complexity index is 962. The molecule has 0 aliphatic carbocycles. The number of thiophene rings is 1. The van der Waals surface area contributed by atoms with Crippen LogP contribution in [0.25, 0.3) is 21.6 Å². The van der Waals surface area contributed by atoms with Crippen LogP contribution in [0.15, 0.2) is 29.8 Å². The van der Waals surface area contributed by atoms with Crippen molar-refractivity contribution in [1.29, 1.82) is 0 Å². The molecule has 6 nitrogen and oxygen atoms in total. The van der Waals surface area contributed by atoms with E-state index in [1.165, 1.54) is 0 Å². The maximum Gasteiger partial charge on any atom is 0.255 e. The second kappa shape index (κ2) is 7.05. The van der Waals surface area contributed by atoms with Crippen LogP contribution in [0, 0.1) is 0 Å². The number of nitrogens with one attached hydrogen (secondary N) is 1. The number of rotatable bonds is 3. The van der Waals surface area contributed by atoms with Crippen LogP contribution in [-0.4, -0.2) is 50.7 Å². The molecule has 3 aromatic heterocycles. The second-order valence-electron chi connectivity index (χ2n) is 7.43. The standard InChI is InChI=1S/C20H25N5OS/c1-12(2)25-19-16(11-22-25)15(10-17(23-19)18-6-5-9-27-18)20(26)24-8-7-21-13(3)14(24)4/h5-6,9-14,21H,7-8H2,1-4H3. The number of pyridine rings is 1. The molecule has 1 amide bonds. The molecule has 0 spiro atoms. The van der Waals surface area contributed by atoms with E-state index in [1.54, 1.807) is 17.5 Å². The minimum absolute atomic E-state index is 0.0596. The summed E-state index contributed by atoms with van der Waals surface area (Å²) < 4.78 is 1.90. The van der Waals surface area contributed by atoms with Crippen LogP contribution in [0.4, 0.5) is 0 Å². The fraction of sp³-hybridized carbons (Fsp3) is 0.450. The van der Waals surface area contributed by atoms with E-state index in [9.17, 15) is 4.79 Å². The molecule has 1 fully saturated rings. The number of carbonyl (C=O) groups excluding carboxylic acids is 1. The predicted octanol–water partition coefficient (Wildman–Crippen LogP) is 3.56. The van der Waals surface area contributed by atoms with Crippen molar-refractivity contribution in [3.63, 3.8) is 0 Å². The van der Waals surface area contributed by atoms with Gasteiger partial charge in [-0.3, -0.25) is 4.79 Å². The van der Waals surface area contributed by atoms with E-state index in [2.05, 4.69) is 38.1 Å². The van der Waals surface area contributed by atoms with Gasteiger partial charge >= 0.3 is 0 Å². The van der Waals surface area contributed by atoms with E-state index in [4.69, 9.17) is 4.98 Å². The summed E-state index contributed by atoms with van der Waals surface area (Å²) in [5.74, 6) is 0.0596. The highest BCUT2D eigenvalue weighted by atomic mass is 32.1. The molecular formula is C20H25N5OS. The predicted molar refractivity (Wildman–Crippen MR) is 109 cm³/mol. The minimum atomic E-state index is 0.0596. The molecule has 1 aliphatic rings. The Morgan fingerprint density at radius 2 is 2.19 bits per heavy atom. The molecule has 3 aromatic rings. The summed E-state index contributed by atoms with van der Waals surface area (Å²) in [5, 5.41) is 10.8. The summed E-state index contributed by atoms with van der Waals surface area (Å²) in [6.45, 7) is 9.90. The van der Waals surface area contributed by atoms with Crippen molar-refractivity contribution in [3.05, 3.63) is 35.3 Å². The van der Waals surface area contributed by atoms with Crippen molar-refractivity contribution in [2.75, 3.05) is 13.1 Å². The van der Waals surface area contributed by atoms with Crippen molar-refractivity contribution in [1.82, 2.24) is 25.0 Å². The quantitative estimate of drug-likeness (QED) is 0.751. The molecule has 142 valence electrons. The van der Waals surface area contributed by atoms with Crippen molar-refractivity contribution in [2.45, 2.75) is 45.8 Å². The summed E-state index contributed by atoms with van der Waals surface area (Å²) in [6.07, 6.45) is 1.78. The van der Waals surface area contributed by atoms with Gasteiger partial charge in [-0.1, -0.05) is 6.07 Å². The number of amides is 1. The lowest BCUT2D eigenvalue weighted by Gasteiger charge is -2.38. The van der Waals surface area contributed by atoms with Crippen molar-refractivity contribution in [2.24, 2.45) is 0 Å². The molecule has 0 bridgehead atoms. The number of piperazine rings is 1. The van der Waals surface area contributed by atoms with Crippen LogP contribution in [-0.2, 0) is 0 Å². The SMILES string of the molecule is CC1NCCN(C(=O)c2cc(-c3cccs3)nc3c2cnn3C(C)C)C1C. The van der Waals surface area contributed by atoms with Crippen LogP contribution in [0.3, 0.4) is 0 Å². The molecule has 1 N–H and O–H groups in total. The van der Waals surface area contributed by atoms with Crippen molar-refractivity contribution >= 4 is 28.3 Å². The molecule has 2 atom stereocenters. The van der Waals surface area contributed by atoms with Crippen LogP contribution >= 0.6 is 11.3 Å². The largest absolute Gasteiger partial charge is 0.333 e. The van der Waals surface area contributed by atoms with Gasteiger partial charge in [-0.05, 0) is 45.2 Å². The van der Waals surface area contributed by atoms with Gasteiger partial charge in [0.15, 0.2) is 5.65 Å². The molecule has 1 aliphatic heterocycles. The Morgan fingerprint density at radius 3 is 2.89 bits per heavy atom. The van der Waals surface area contributed by atoms with Gasteiger partial charge in [-0.25, -0.2) is 9.67 Å². The smallest absolute Gasteiger partial charge is 0.255 e. The molecule has 0 radical (unpaired) electrons. The monoisotopic (exact) mass is 383 g/mol. The lowest BCUT2D eigenvalue weighted by molar-refractivity contribution is 0.0605. The second-order valence-corrected chi connectivity index (χ2v) is 8.38. The zero-order valence-corrected chi connectivity index (χ0v) is 17.0. The van der Waals surface area contributed by atoms with Crippen molar-refractivity contribution < 1.29 is 4.79 Å². The number of carbonyl (C=O) groups is 1. The molecule has 0 saturated carbocycles. The highest BCUT2D eigenvalue weighted by Gasteiger charge is 2.30. The third-order valence-electron chi connectivity index (χ3n) is 5.36. The van der Waals surface area contributed by atoms with Gasteiger partial charge in [0, 0.05) is 31.2 Å². The average Bonchev–Trinajstić information content (AvgIpc) is 3.32. The van der Waals surface area contributed by atoms with E-state index in [1.807, 2.05) is 33.2 Å². The zero-order valence-electron chi connectivity index (χ0n) is 16.1.